The second-order valence-corrected chi connectivity index (χ2v) is 4.11. The van der Waals surface area contributed by atoms with E-state index in [1.165, 1.54) is 0 Å². The maximum Gasteiger partial charge on any atom is 0.145 e. The first-order valence-corrected chi connectivity index (χ1v) is 5.80. The number of benzene rings is 1. The van der Waals surface area contributed by atoms with Gasteiger partial charge >= 0.3 is 0 Å². The van der Waals surface area contributed by atoms with Crippen LogP contribution in [0, 0.1) is 22.7 Å². The molecule has 0 aliphatic heterocycles. The normalized spacial score (nSPS) is 9.42. The smallest absolute Gasteiger partial charge is 0.145 e. The van der Waals surface area contributed by atoms with Crippen molar-refractivity contribution in [1.29, 1.82) is 10.5 Å². The Labute approximate surface area is 112 Å². The molecule has 92 valence electrons. The first kappa shape index (κ1) is 12.6. The van der Waals surface area contributed by atoms with E-state index in [1.54, 1.807) is 18.3 Å². The number of hydrogen-bond acceptors (Lipinski definition) is 4. The third kappa shape index (κ3) is 2.70. The van der Waals surface area contributed by atoms with Crippen LogP contribution in [0.4, 0.5) is 5.69 Å². The van der Waals surface area contributed by atoms with Crippen LogP contribution in [-0.2, 0) is 6.54 Å². The molecule has 2 rings (SSSR count). The maximum absolute atomic E-state index is 9.09. The molecule has 0 aliphatic carbocycles. The van der Waals surface area contributed by atoms with E-state index in [1.807, 2.05) is 36.2 Å². The number of hydrogen-bond donors (Lipinski definition) is 0. The van der Waals surface area contributed by atoms with Gasteiger partial charge in [-0.1, -0.05) is 18.2 Å². The molecular formula is C15H12N4. The van der Waals surface area contributed by atoms with Gasteiger partial charge in [0.2, 0.25) is 0 Å². The lowest BCUT2D eigenvalue weighted by molar-refractivity contribution is 0.907. The monoisotopic (exact) mass is 248 g/mol. The van der Waals surface area contributed by atoms with Gasteiger partial charge in [0.25, 0.3) is 0 Å². The number of pyridine rings is 1. The summed E-state index contributed by atoms with van der Waals surface area (Å²) in [6.07, 6.45) is 1.60. The van der Waals surface area contributed by atoms with Crippen molar-refractivity contribution in [1.82, 2.24) is 4.98 Å². The van der Waals surface area contributed by atoms with E-state index in [0.29, 0.717) is 17.8 Å². The summed E-state index contributed by atoms with van der Waals surface area (Å²) in [5.41, 5.74) is 2.73. The summed E-state index contributed by atoms with van der Waals surface area (Å²) < 4.78 is 0. The molecule has 4 heteroatoms. The van der Waals surface area contributed by atoms with Gasteiger partial charge in [0, 0.05) is 25.4 Å². The summed E-state index contributed by atoms with van der Waals surface area (Å²) in [6, 6.07) is 15.3. The zero-order chi connectivity index (χ0) is 13.7. The molecule has 0 radical (unpaired) electrons. The van der Waals surface area contributed by atoms with E-state index < -0.39 is 0 Å². The minimum Gasteiger partial charge on any atom is -0.369 e. The number of para-hydroxylation sites is 1. The Balaban J connectivity index is 2.29. The van der Waals surface area contributed by atoms with E-state index in [0.717, 1.165) is 11.3 Å². The molecule has 0 spiro atoms. The highest BCUT2D eigenvalue weighted by atomic mass is 15.1. The van der Waals surface area contributed by atoms with Crippen LogP contribution in [0.2, 0.25) is 0 Å². The fourth-order valence-electron chi connectivity index (χ4n) is 1.91. The molecule has 4 nitrogen and oxygen atoms in total. The quantitative estimate of drug-likeness (QED) is 0.837. The summed E-state index contributed by atoms with van der Waals surface area (Å²) in [5, 5.41) is 18.1. The molecule has 1 aromatic heterocycles. The van der Waals surface area contributed by atoms with E-state index in [4.69, 9.17) is 10.5 Å². The Morgan fingerprint density at radius 1 is 1.11 bits per heavy atom. The highest BCUT2D eigenvalue weighted by Gasteiger charge is 2.09. The minimum atomic E-state index is 0.420. The lowest BCUT2D eigenvalue weighted by Crippen LogP contribution is -2.18. The molecule has 0 amide bonds. The fourth-order valence-corrected chi connectivity index (χ4v) is 1.91. The summed E-state index contributed by atoms with van der Waals surface area (Å²) in [5.74, 6) is 0. The molecule has 0 unspecified atom stereocenters. The van der Waals surface area contributed by atoms with Crippen molar-refractivity contribution in [3.63, 3.8) is 0 Å². The van der Waals surface area contributed by atoms with E-state index in [-0.39, 0.29) is 0 Å². The van der Waals surface area contributed by atoms with Crippen LogP contribution in [0.25, 0.3) is 0 Å². The predicted octanol–water partition coefficient (Wildman–Crippen LogP) is 2.46. The summed E-state index contributed by atoms with van der Waals surface area (Å²) >= 11 is 0. The van der Waals surface area contributed by atoms with Crippen molar-refractivity contribution in [3.05, 3.63) is 59.4 Å². The van der Waals surface area contributed by atoms with Crippen LogP contribution in [-0.4, -0.2) is 12.0 Å². The van der Waals surface area contributed by atoms with E-state index in [9.17, 15) is 0 Å². The second-order valence-electron chi connectivity index (χ2n) is 4.11. The molecule has 0 bridgehead atoms. The molecule has 0 N–H and O–H groups in total. The molecule has 1 heterocycles. The number of anilines is 1. The maximum atomic E-state index is 9.09. The first-order valence-electron chi connectivity index (χ1n) is 5.80. The van der Waals surface area contributed by atoms with Gasteiger partial charge in [-0.3, -0.25) is 0 Å². The number of nitriles is 2. The molecule has 0 saturated carbocycles. The molecule has 19 heavy (non-hydrogen) atoms. The summed E-state index contributed by atoms with van der Waals surface area (Å²) in [4.78, 5) is 5.97. The average molecular weight is 248 g/mol. The van der Waals surface area contributed by atoms with Gasteiger partial charge in [-0.2, -0.15) is 10.5 Å². The van der Waals surface area contributed by atoms with Crippen molar-refractivity contribution < 1.29 is 0 Å². The Morgan fingerprint density at radius 3 is 2.63 bits per heavy atom. The van der Waals surface area contributed by atoms with Crippen molar-refractivity contribution in [2.24, 2.45) is 0 Å². The minimum absolute atomic E-state index is 0.420. The van der Waals surface area contributed by atoms with Crippen LogP contribution in [0.3, 0.4) is 0 Å². The molecular weight excluding hydrogens is 236 g/mol. The zero-order valence-corrected chi connectivity index (χ0v) is 10.5. The van der Waals surface area contributed by atoms with Crippen molar-refractivity contribution in [2.75, 3.05) is 11.9 Å². The SMILES string of the molecule is CN(Cc1cccnc1C#N)c1ccccc1C#N. The topological polar surface area (TPSA) is 63.7 Å². The Kier molecular flexibility index (Phi) is 3.75. The second kappa shape index (κ2) is 5.66. The number of nitrogens with zero attached hydrogens (tertiary/aromatic N) is 4. The van der Waals surface area contributed by atoms with Gasteiger partial charge in [0.1, 0.15) is 17.8 Å². The van der Waals surface area contributed by atoms with Crippen LogP contribution < -0.4 is 4.90 Å². The molecule has 0 aliphatic rings. The Hall–Kier alpha value is -2.85. The third-order valence-electron chi connectivity index (χ3n) is 2.84. The van der Waals surface area contributed by atoms with Gasteiger partial charge in [-0.25, -0.2) is 4.98 Å². The Morgan fingerprint density at radius 2 is 1.89 bits per heavy atom. The third-order valence-corrected chi connectivity index (χ3v) is 2.84. The van der Waals surface area contributed by atoms with Crippen molar-refractivity contribution in [3.8, 4) is 12.1 Å². The van der Waals surface area contributed by atoms with Crippen LogP contribution in [0.15, 0.2) is 42.6 Å². The van der Waals surface area contributed by atoms with Crippen LogP contribution in [0.1, 0.15) is 16.8 Å². The van der Waals surface area contributed by atoms with Gasteiger partial charge in [-0.15, -0.1) is 0 Å². The van der Waals surface area contributed by atoms with Gasteiger partial charge in [0.15, 0.2) is 0 Å². The number of rotatable bonds is 3. The van der Waals surface area contributed by atoms with Gasteiger partial charge in [-0.05, 0) is 18.2 Å². The standard InChI is InChI=1S/C15H12N4/c1-19(15-7-3-2-5-12(15)9-16)11-13-6-4-8-18-14(13)10-17/h2-8H,11H2,1H3. The van der Waals surface area contributed by atoms with E-state index >= 15 is 0 Å². The molecule has 0 saturated heterocycles. The van der Waals surface area contributed by atoms with Crippen LogP contribution >= 0.6 is 0 Å². The van der Waals surface area contributed by atoms with Gasteiger partial charge < -0.3 is 4.90 Å². The van der Waals surface area contributed by atoms with Crippen molar-refractivity contribution in [2.45, 2.75) is 6.54 Å². The number of aromatic nitrogens is 1. The fraction of sp³-hybridized carbons (Fsp3) is 0.133. The average Bonchev–Trinajstić information content (AvgIpc) is 2.47. The largest absolute Gasteiger partial charge is 0.369 e. The highest BCUT2D eigenvalue weighted by Crippen LogP contribution is 2.20. The lowest BCUT2D eigenvalue weighted by atomic mass is 10.1. The Bertz CT molecular complexity index is 664. The zero-order valence-electron chi connectivity index (χ0n) is 10.5. The van der Waals surface area contributed by atoms with Crippen molar-refractivity contribution >= 4 is 5.69 Å². The van der Waals surface area contributed by atoms with E-state index in [2.05, 4.69) is 17.1 Å². The van der Waals surface area contributed by atoms with Gasteiger partial charge in [0.05, 0.1) is 11.3 Å². The molecule has 0 fully saturated rings. The lowest BCUT2D eigenvalue weighted by Gasteiger charge is -2.20. The molecule has 1 aromatic carbocycles. The van der Waals surface area contributed by atoms with Crippen LogP contribution in [0.5, 0.6) is 0 Å². The highest BCUT2D eigenvalue weighted by molar-refractivity contribution is 5.59. The first-order chi connectivity index (χ1) is 9.26. The molecule has 0 atom stereocenters. The summed E-state index contributed by atoms with van der Waals surface area (Å²) in [6.45, 7) is 0.537. The predicted molar refractivity (Wildman–Crippen MR) is 72.2 cm³/mol. The summed E-state index contributed by atoms with van der Waals surface area (Å²) in [7, 11) is 1.89. The molecule has 2 aromatic rings.